The summed E-state index contributed by atoms with van der Waals surface area (Å²) in [6.07, 6.45) is 1.76. The van der Waals surface area contributed by atoms with E-state index < -0.39 is 0 Å². The topological polar surface area (TPSA) is 37.8 Å². The molecule has 0 amide bonds. The number of hydrogen-bond donors (Lipinski definition) is 1. The van der Waals surface area contributed by atoms with Crippen LogP contribution in [0.5, 0.6) is 0 Å². The Balaban J connectivity index is 3.09. The molecule has 3 nitrogen and oxygen atoms in total. The van der Waals surface area contributed by atoms with Gasteiger partial charge in [0.15, 0.2) is 0 Å². The zero-order valence-corrected chi connectivity index (χ0v) is 6.47. The molecule has 1 aromatic heterocycles. The van der Waals surface area contributed by atoms with Gasteiger partial charge >= 0.3 is 0 Å². The van der Waals surface area contributed by atoms with Crippen LogP contribution in [0.25, 0.3) is 0 Å². The fourth-order valence-electron chi connectivity index (χ4n) is 0.774. The third kappa shape index (κ3) is 1.23. The predicted molar refractivity (Wildman–Crippen MR) is 41.1 cm³/mol. The Labute approximate surface area is 60.5 Å². The van der Waals surface area contributed by atoms with Crippen molar-refractivity contribution in [2.45, 2.75) is 13.8 Å². The first kappa shape index (κ1) is 6.99. The molecule has 1 heterocycles. The Morgan fingerprint density at radius 3 is 2.60 bits per heavy atom. The number of nitrogens with zero attached hydrogens (tertiary/aromatic N) is 2. The van der Waals surface area contributed by atoms with Crippen LogP contribution in [0.4, 0.5) is 5.82 Å². The van der Waals surface area contributed by atoms with Crippen molar-refractivity contribution in [3.8, 4) is 0 Å². The summed E-state index contributed by atoms with van der Waals surface area (Å²) in [7, 11) is 1.84. The number of aryl methyl sites for hydroxylation is 2. The molecule has 0 saturated carbocycles. The van der Waals surface area contributed by atoms with Gasteiger partial charge in [-0.3, -0.25) is 4.98 Å². The van der Waals surface area contributed by atoms with Gasteiger partial charge in [0.1, 0.15) is 5.82 Å². The second-order valence-electron chi connectivity index (χ2n) is 2.20. The maximum atomic E-state index is 4.22. The van der Waals surface area contributed by atoms with E-state index in [9.17, 15) is 0 Å². The van der Waals surface area contributed by atoms with E-state index in [4.69, 9.17) is 0 Å². The third-order valence-electron chi connectivity index (χ3n) is 1.31. The number of anilines is 1. The van der Waals surface area contributed by atoms with Crippen LogP contribution >= 0.6 is 0 Å². The molecule has 0 saturated heterocycles. The molecule has 1 N–H and O–H groups in total. The third-order valence-corrected chi connectivity index (χ3v) is 1.31. The van der Waals surface area contributed by atoms with Crippen LogP contribution in [0.3, 0.4) is 0 Å². The molecule has 0 fully saturated rings. The SMILES string of the molecule is CNc1nc(C)cnc1C. The fraction of sp³-hybridized carbons (Fsp3) is 0.429. The predicted octanol–water partition coefficient (Wildman–Crippen LogP) is 1.14. The minimum atomic E-state index is 0.861. The summed E-state index contributed by atoms with van der Waals surface area (Å²) in [5.41, 5.74) is 1.88. The Bertz CT molecular complexity index is 232. The van der Waals surface area contributed by atoms with Crippen molar-refractivity contribution in [1.82, 2.24) is 9.97 Å². The molecule has 1 aromatic rings. The van der Waals surface area contributed by atoms with E-state index in [-0.39, 0.29) is 0 Å². The van der Waals surface area contributed by atoms with Gasteiger partial charge in [0.2, 0.25) is 0 Å². The van der Waals surface area contributed by atoms with Gasteiger partial charge in [0, 0.05) is 13.2 Å². The average Bonchev–Trinajstić information content (AvgIpc) is 1.94. The van der Waals surface area contributed by atoms with Crippen molar-refractivity contribution >= 4 is 5.82 Å². The maximum Gasteiger partial charge on any atom is 0.147 e. The van der Waals surface area contributed by atoms with Gasteiger partial charge in [-0.1, -0.05) is 0 Å². The summed E-state index contributed by atoms with van der Waals surface area (Å²) < 4.78 is 0. The zero-order chi connectivity index (χ0) is 7.56. The minimum Gasteiger partial charge on any atom is -0.372 e. The van der Waals surface area contributed by atoms with E-state index in [0.29, 0.717) is 0 Å². The van der Waals surface area contributed by atoms with Crippen molar-refractivity contribution in [2.75, 3.05) is 12.4 Å². The van der Waals surface area contributed by atoms with E-state index >= 15 is 0 Å². The quantitative estimate of drug-likeness (QED) is 0.630. The lowest BCUT2D eigenvalue weighted by atomic mass is 10.4. The molecule has 0 bridgehead atoms. The van der Waals surface area contributed by atoms with Crippen molar-refractivity contribution in [3.63, 3.8) is 0 Å². The highest BCUT2D eigenvalue weighted by Crippen LogP contribution is 2.06. The Morgan fingerprint density at radius 1 is 1.40 bits per heavy atom. The first-order chi connectivity index (χ1) is 4.74. The summed E-state index contributed by atoms with van der Waals surface area (Å²) in [6, 6.07) is 0. The highest BCUT2D eigenvalue weighted by Gasteiger charge is 1.96. The molecule has 0 aromatic carbocycles. The van der Waals surface area contributed by atoms with Gasteiger partial charge < -0.3 is 5.32 Å². The number of rotatable bonds is 1. The summed E-state index contributed by atoms with van der Waals surface area (Å²) in [6.45, 7) is 3.85. The average molecular weight is 137 g/mol. The second kappa shape index (κ2) is 2.64. The van der Waals surface area contributed by atoms with Crippen LogP contribution < -0.4 is 5.32 Å². The van der Waals surface area contributed by atoms with E-state index in [0.717, 1.165) is 17.2 Å². The monoisotopic (exact) mass is 137 g/mol. The normalized spacial score (nSPS) is 9.50. The lowest BCUT2D eigenvalue weighted by Crippen LogP contribution is -1.98. The molecule has 0 unspecified atom stereocenters. The minimum absolute atomic E-state index is 0.861. The van der Waals surface area contributed by atoms with Crippen LogP contribution in [0.15, 0.2) is 6.20 Å². The molecule has 0 spiro atoms. The number of hydrogen-bond acceptors (Lipinski definition) is 3. The van der Waals surface area contributed by atoms with E-state index in [1.165, 1.54) is 0 Å². The molecule has 0 radical (unpaired) electrons. The van der Waals surface area contributed by atoms with Gasteiger partial charge in [-0.25, -0.2) is 4.98 Å². The van der Waals surface area contributed by atoms with Crippen molar-refractivity contribution in [3.05, 3.63) is 17.6 Å². The number of nitrogens with one attached hydrogen (secondary N) is 1. The largest absolute Gasteiger partial charge is 0.372 e. The van der Waals surface area contributed by atoms with Gasteiger partial charge in [0.25, 0.3) is 0 Å². The van der Waals surface area contributed by atoms with Crippen LogP contribution in [-0.2, 0) is 0 Å². The number of aromatic nitrogens is 2. The molecule has 1 rings (SSSR count). The summed E-state index contributed by atoms with van der Waals surface area (Å²) in [5, 5.41) is 2.96. The van der Waals surface area contributed by atoms with Gasteiger partial charge in [-0.15, -0.1) is 0 Å². The van der Waals surface area contributed by atoms with E-state index in [2.05, 4.69) is 15.3 Å². The summed E-state index contributed by atoms with van der Waals surface area (Å²) in [4.78, 5) is 8.34. The van der Waals surface area contributed by atoms with Crippen LogP contribution in [0, 0.1) is 13.8 Å². The highest BCUT2D eigenvalue weighted by atomic mass is 15.0. The molecule has 3 heteroatoms. The Kier molecular flexibility index (Phi) is 1.85. The fourth-order valence-corrected chi connectivity index (χ4v) is 0.774. The second-order valence-corrected chi connectivity index (χ2v) is 2.20. The van der Waals surface area contributed by atoms with Gasteiger partial charge in [-0.05, 0) is 13.8 Å². The highest BCUT2D eigenvalue weighted by molar-refractivity contribution is 5.38. The van der Waals surface area contributed by atoms with Crippen LogP contribution in [-0.4, -0.2) is 17.0 Å². The molecule has 0 atom stereocenters. The Hall–Kier alpha value is -1.12. The molecule has 0 aliphatic rings. The van der Waals surface area contributed by atoms with Crippen LogP contribution in [0.2, 0.25) is 0 Å². The molecular weight excluding hydrogens is 126 g/mol. The Morgan fingerprint density at radius 2 is 2.10 bits per heavy atom. The summed E-state index contributed by atoms with van der Waals surface area (Å²) in [5.74, 6) is 0.861. The van der Waals surface area contributed by atoms with Crippen molar-refractivity contribution in [2.24, 2.45) is 0 Å². The van der Waals surface area contributed by atoms with Gasteiger partial charge in [0.05, 0.1) is 11.4 Å². The van der Waals surface area contributed by atoms with Crippen LogP contribution in [0.1, 0.15) is 11.4 Å². The molecule has 0 aliphatic heterocycles. The smallest absolute Gasteiger partial charge is 0.147 e. The molecule has 54 valence electrons. The van der Waals surface area contributed by atoms with E-state index in [1.54, 1.807) is 6.20 Å². The van der Waals surface area contributed by atoms with E-state index in [1.807, 2.05) is 20.9 Å². The van der Waals surface area contributed by atoms with Gasteiger partial charge in [-0.2, -0.15) is 0 Å². The maximum absolute atomic E-state index is 4.22. The molecule has 10 heavy (non-hydrogen) atoms. The standard InChI is InChI=1S/C7H11N3/c1-5-4-9-6(2)7(8-3)10-5/h4H,1-3H3,(H,8,10). The van der Waals surface area contributed by atoms with Crippen molar-refractivity contribution < 1.29 is 0 Å². The first-order valence-corrected chi connectivity index (χ1v) is 3.22. The lowest BCUT2D eigenvalue weighted by Gasteiger charge is -2.02. The molecule has 0 aliphatic carbocycles. The molecular formula is C7H11N3. The first-order valence-electron chi connectivity index (χ1n) is 3.22. The zero-order valence-electron chi connectivity index (χ0n) is 6.47. The van der Waals surface area contributed by atoms with Crippen molar-refractivity contribution in [1.29, 1.82) is 0 Å². The summed E-state index contributed by atoms with van der Waals surface area (Å²) >= 11 is 0. The lowest BCUT2D eigenvalue weighted by molar-refractivity contribution is 1.06.